The largest absolute Gasteiger partial charge is 0.489 e. The van der Waals surface area contributed by atoms with Crippen molar-refractivity contribution >= 4 is 12.1 Å². The number of allylic oxidation sites excluding steroid dienone is 2. The van der Waals surface area contributed by atoms with Crippen molar-refractivity contribution in [1.82, 2.24) is 10.2 Å². The van der Waals surface area contributed by atoms with E-state index in [-0.39, 0.29) is 4.59 Å². The fraction of sp³-hybridized carbons (Fsp3) is 0.438. The molecule has 3 heterocycles. The van der Waals surface area contributed by atoms with Crippen LogP contribution in [-0.4, -0.2) is 54.3 Å². The fourth-order valence-electron chi connectivity index (χ4n) is 6.59. The molecule has 1 unspecified atom stereocenters. The van der Waals surface area contributed by atoms with Crippen molar-refractivity contribution in [1.29, 1.82) is 0 Å². The minimum atomic E-state index is 0.0688. The summed E-state index contributed by atoms with van der Waals surface area (Å²) in [6.45, 7) is 4.03. The quantitative estimate of drug-likeness (QED) is 0.377. The van der Waals surface area contributed by atoms with Gasteiger partial charge in [-0.3, -0.25) is 4.99 Å². The lowest BCUT2D eigenvalue weighted by Crippen LogP contribution is -2.53. The third kappa shape index (κ3) is 5.63. The standard InChI is InChI=1S/C32H41N6O/c1-37(28-14-16-34-17-15-28)22-24-10-12-26(13-11-24)31-30-21-35-18-19-38(30,33)32(36-31)27-8-5-9-29(20-27)39-23-25-6-3-2-4-7-25/h2-9,18-21,24,26,28,34H,10-17,22-23,33H2,1H3/q+1. The van der Waals surface area contributed by atoms with Crippen molar-refractivity contribution in [2.75, 3.05) is 26.7 Å². The Hall–Kier alpha value is -3.10. The summed E-state index contributed by atoms with van der Waals surface area (Å²) < 4.78 is 6.19. The van der Waals surface area contributed by atoms with E-state index < -0.39 is 0 Å². The van der Waals surface area contributed by atoms with Crippen LogP contribution in [-0.2, 0) is 6.61 Å². The number of hydrogen-bond donors (Lipinski definition) is 2. The summed E-state index contributed by atoms with van der Waals surface area (Å²) in [4.78, 5) is 12.3. The molecular weight excluding hydrogens is 484 g/mol. The lowest BCUT2D eigenvalue weighted by atomic mass is 9.79. The first kappa shape index (κ1) is 26.1. The molecule has 3 N–H and O–H groups in total. The highest BCUT2D eigenvalue weighted by atomic mass is 16.5. The molecule has 3 aliphatic heterocycles. The lowest BCUT2D eigenvalue weighted by Gasteiger charge is -2.36. The molecule has 7 heteroatoms. The molecule has 2 aromatic carbocycles. The number of nitrogens with zero attached hydrogens (tertiary/aromatic N) is 4. The van der Waals surface area contributed by atoms with E-state index in [9.17, 15) is 0 Å². The van der Waals surface area contributed by atoms with Gasteiger partial charge in [-0.2, -0.15) is 10.8 Å². The van der Waals surface area contributed by atoms with Gasteiger partial charge in [0.05, 0.1) is 18.0 Å². The lowest BCUT2D eigenvalue weighted by molar-refractivity contribution is -0.750. The summed E-state index contributed by atoms with van der Waals surface area (Å²) in [7, 11) is 2.32. The molecule has 1 saturated heterocycles. The molecule has 204 valence electrons. The minimum Gasteiger partial charge on any atom is -0.489 e. The van der Waals surface area contributed by atoms with Gasteiger partial charge in [0.15, 0.2) is 0 Å². The summed E-state index contributed by atoms with van der Waals surface area (Å²) in [6, 6.07) is 19.1. The van der Waals surface area contributed by atoms with Gasteiger partial charge in [0.1, 0.15) is 24.3 Å². The molecule has 0 spiro atoms. The molecule has 1 saturated carbocycles. The first-order valence-corrected chi connectivity index (χ1v) is 14.5. The Morgan fingerprint density at radius 2 is 1.79 bits per heavy atom. The van der Waals surface area contributed by atoms with Crippen LogP contribution < -0.4 is 15.9 Å². The number of benzene rings is 2. The zero-order valence-electron chi connectivity index (χ0n) is 23.0. The molecule has 6 rings (SSSR count). The molecular formula is C32H41N6O+. The van der Waals surface area contributed by atoms with Crippen LogP contribution >= 0.6 is 0 Å². The zero-order chi connectivity index (χ0) is 26.7. The maximum atomic E-state index is 7.05. The molecule has 2 fully saturated rings. The Labute approximate surface area is 232 Å². The molecule has 0 bridgehead atoms. The van der Waals surface area contributed by atoms with Crippen molar-refractivity contribution in [2.45, 2.75) is 51.2 Å². The Morgan fingerprint density at radius 3 is 2.59 bits per heavy atom. The first-order valence-electron chi connectivity index (χ1n) is 14.5. The predicted octanol–water partition coefficient (Wildman–Crippen LogP) is 4.97. The second-order valence-electron chi connectivity index (χ2n) is 11.5. The highest BCUT2D eigenvalue weighted by Crippen LogP contribution is 2.41. The van der Waals surface area contributed by atoms with Crippen molar-refractivity contribution in [2.24, 2.45) is 27.7 Å². The maximum absolute atomic E-state index is 7.05. The second kappa shape index (κ2) is 11.6. The normalized spacial score (nSPS) is 27.1. The number of aliphatic imine (C=N–C) groups is 2. The van der Waals surface area contributed by atoms with Gasteiger partial charge in [-0.25, -0.2) is 0 Å². The zero-order valence-corrected chi connectivity index (χ0v) is 23.0. The molecule has 39 heavy (non-hydrogen) atoms. The molecule has 2 aromatic rings. The van der Waals surface area contributed by atoms with Gasteiger partial charge in [0.2, 0.25) is 5.70 Å². The molecule has 0 aromatic heterocycles. The number of ether oxygens (including phenoxy) is 1. The number of nitrogens with one attached hydrogen (secondary N) is 1. The monoisotopic (exact) mass is 525 g/mol. The number of rotatable bonds is 8. The summed E-state index contributed by atoms with van der Waals surface area (Å²) in [5.74, 6) is 9.86. The van der Waals surface area contributed by atoms with Crippen LogP contribution in [0.3, 0.4) is 0 Å². The first-order chi connectivity index (χ1) is 19.1. The van der Waals surface area contributed by atoms with E-state index in [0.29, 0.717) is 12.5 Å². The SMILES string of the molecule is CN(CC1CCC(C2=C3C=NC=C[N+]3(N)C(c3cccc(OCc4ccccc4)c3)=N2)CC1)C1CCNCC1. The van der Waals surface area contributed by atoms with Gasteiger partial charge >= 0.3 is 0 Å². The van der Waals surface area contributed by atoms with Gasteiger partial charge in [-0.15, -0.1) is 4.59 Å². The van der Waals surface area contributed by atoms with Crippen molar-refractivity contribution < 1.29 is 9.33 Å². The molecule has 7 nitrogen and oxygen atoms in total. The number of quaternary nitrogens is 1. The number of amidine groups is 1. The second-order valence-corrected chi connectivity index (χ2v) is 11.5. The van der Waals surface area contributed by atoms with Crippen LogP contribution in [0, 0.1) is 11.8 Å². The van der Waals surface area contributed by atoms with Crippen molar-refractivity contribution in [3.63, 3.8) is 0 Å². The maximum Gasteiger partial charge on any atom is 0.265 e. The molecule has 1 atom stereocenters. The third-order valence-electron chi connectivity index (χ3n) is 8.87. The Balaban J connectivity index is 1.16. The van der Waals surface area contributed by atoms with Crippen LogP contribution in [0.4, 0.5) is 0 Å². The molecule has 1 aliphatic carbocycles. The number of piperidine rings is 1. The summed E-state index contributed by atoms with van der Waals surface area (Å²) >= 11 is 0. The highest BCUT2D eigenvalue weighted by molar-refractivity contribution is 6.00. The highest BCUT2D eigenvalue weighted by Gasteiger charge is 2.46. The van der Waals surface area contributed by atoms with Crippen LogP contribution in [0.25, 0.3) is 0 Å². The van der Waals surface area contributed by atoms with E-state index >= 15 is 0 Å². The van der Waals surface area contributed by atoms with Gasteiger partial charge in [-0.1, -0.05) is 36.4 Å². The summed E-state index contributed by atoms with van der Waals surface area (Å²) in [6.07, 6.45) is 12.9. The van der Waals surface area contributed by atoms with E-state index in [0.717, 1.165) is 72.0 Å². The smallest absolute Gasteiger partial charge is 0.265 e. The summed E-state index contributed by atoms with van der Waals surface area (Å²) in [5, 5.41) is 3.49. The molecule has 0 amide bonds. The number of hydrogen-bond acceptors (Lipinski definition) is 6. The van der Waals surface area contributed by atoms with Crippen molar-refractivity contribution in [3.05, 3.63) is 89.5 Å². The fourth-order valence-corrected chi connectivity index (χ4v) is 6.59. The van der Waals surface area contributed by atoms with Gasteiger partial charge in [0.25, 0.3) is 5.84 Å². The van der Waals surface area contributed by atoms with E-state index in [4.69, 9.17) is 15.6 Å². The van der Waals surface area contributed by atoms with Gasteiger partial charge in [-0.05, 0) is 88.3 Å². The van der Waals surface area contributed by atoms with E-state index in [1.807, 2.05) is 42.7 Å². The Morgan fingerprint density at radius 1 is 1.00 bits per heavy atom. The summed E-state index contributed by atoms with van der Waals surface area (Å²) in [5.41, 5.74) is 4.23. The van der Waals surface area contributed by atoms with Crippen LogP contribution in [0.15, 0.2) is 88.4 Å². The number of fused-ring (bicyclic) bond motifs is 1. The average Bonchev–Trinajstić information content (AvgIpc) is 3.30. The van der Waals surface area contributed by atoms with Gasteiger partial charge in [0, 0.05) is 18.5 Å². The van der Waals surface area contributed by atoms with Crippen LogP contribution in [0.5, 0.6) is 5.75 Å². The topological polar surface area (TPSA) is 75.2 Å². The minimum absolute atomic E-state index is 0.0688. The number of nitrogens with two attached hydrogens (primary N) is 1. The van der Waals surface area contributed by atoms with E-state index in [1.165, 1.54) is 32.2 Å². The van der Waals surface area contributed by atoms with E-state index in [2.05, 4.69) is 46.5 Å². The Bertz CT molecular complexity index is 1270. The average molecular weight is 526 g/mol. The Kier molecular flexibility index (Phi) is 7.75. The van der Waals surface area contributed by atoms with Crippen LogP contribution in [0.1, 0.15) is 49.7 Å². The van der Waals surface area contributed by atoms with Gasteiger partial charge < -0.3 is 15.0 Å². The molecule has 4 aliphatic rings. The van der Waals surface area contributed by atoms with E-state index in [1.54, 1.807) is 6.20 Å². The third-order valence-corrected chi connectivity index (χ3v) is 8.87. The molecule has 0 radical (unpaired) electrons. The van der Waals surface area contributed by atoms with Crippen LogP contribution in [0.2, 0.25) is 0 Å². The van der Waals surface area contributed by atoms with Crippen molar-refractivity contribution in [3.8, 4) is 5.75 Å². The predicted molar refractivity (Wildman–Crippen MR) is 157 cm³/mol.